The van der Waals surface area contributed by atoms with Crippen molar-refractivity contribution in [2.24, 2.45) is 5.41 Å². The van der Waals surface area contributed by atoms with Crippen LogP contribution in [0.1, 0.15) is 48.5 Å². The van der Waals surface area contributed by atoms with Gasteiger partial charge in [0, 0.05) is 11.0 Å². The standard InChI is InChI=1S/C15H17BrF3NO/c1-14(6-2-3-7-14)9-20-13(21)11-5-4-10(16)8-12(11)15(17,18)19/h4-5,8H,2-3,6-7,9H2,1H3,(H,20,21). The van der Waals surface area contributed by atoms with Crippen LogP contribution < -0.4 is 5.32 Å². The molecular weight excluding hydrogens is 347 g/mol. The van der Waals surface area contributed by atoms with E-state index in [2.05, 4.69) is 28.2 Å². The quantitative estimate of drug-likeness (QED) is 0.822. The molecule has 0 saturated heterocycles. The van der Waals surface area contributed by atoms with E-state index in [1.807, 2.05) is 0 Å². The zero-order valence-corrected chi connectivity index (χ0v) is 13.3. The van der Waals surface area contributed by atoms with Gasteiger partial charge in [0.1, 0.15) is 0 Å². The van der Waals surface area contributed by atoms with E-state index < -0.39 is 17.6 Å². The summed E-state index contributed by atoms with van der Waals surface area (Å²) >= 11 is 3.01. The highest BCUT2D eigenvalue weighted by molar-refractivity contribution is 9.10. The van der Waals surface area contributed by atoms with Gasteiger partial charge in [0.15, 0.2) is 0 Å². The van der Waals surface area contributed by atoms with Crippen molar-refractivity contribution in [1.82, 2.24) is 5.32 Å². The molecule has 0 spiro atoms. The Balaban J connectivity index is 2.15. The molecule has 1 saturated carbocycles. The van der Waals surface area contributed by atoms with Gasteiger partial charge in [0.2, 0.25) is 0 Å². The minimum atomic E-state index is -4.55. The molecule has 0 unspecified atom stereocenters. The van der Waals surface area contributed by atoms with Crippen LogP contribution in [0.15, 0.2) is 22.7 Å². The van der Waals surface area contributed by atoms with Crippen LogP contribution in [0.2, 0.25) is 0 Å². The van der Waals surface area contributed by atoms with Crippen LogP contribution in [0, 0.1) is 5.41 Å². The monoisotopic (exact) mass is 363 g/mol. The van der Waals surface area contributed by atoms with Gasteiger partial charge in [-0.05, 0) is 36.5 Å². The fourth-order valence-electron chi connectivity index (χ4n) is 2.74. The number of alkyl halides is 3. The number of hydrogen-bond donors (Lipinski definition) is 1. The first-order chi connectivity index (χ1) is 9.71. The second-order valence-corrected chi connectivity index (χ2v) is 6.80. The highest BCUT2D eigenvalue weighted by atomic mass is 79.9. The molecule has 21 heavy (non-hydrogen) atoms. The van der Waals surface area contributed by atoms with E-state index in [-0.39, 0.29) is 11.0 Å². The summed E-state index contributed by atoms with van der Waals surface area (Å²) in [7, 11) is 0. The number of carbonyl (C=O) groups is 1. The molecule has 2 nitrogen and oxygen atoms in total. The van der Waals surface area contributed by atoms with Gasteiger partial charge < -0.3 is 5.32 Å². The highest BCUT2D eigenvalue weighted by Gasteiger charge is 2.36. The summed E-state index contributed by atoms with van der Waals surface area (Å²) in [5.41, 5.74) is -1.23. The molecule has 1 aliphatic rings. The molecule has 116 valence electrons. The van der Waals surface area contributed by atoms with Crippen LogP contribution in [-0.4, -0.2) is 12.5 Å². The fourth-order valence-corrected chi connectivity index (χ4v) is 3.10. The van der Waals surface area contributed by atoms with E-state index in [9.17, 15) is 18.0 Å². The lowest BCUT2D eigenvalue weighted by Crippen LogP contribution is -2.35. The Kier molecular flexibility index (Phi) is 4.66. The largest absolute Gasteiger partial charge is 0.417 e. The normalized spacial score (nSPS) is 17.8. The Morgan fingerprint density at radius 1 is 1.33 bits per heavy atom. The second kappa shape index (κ2) is 5.99. The molecule has 6 heteroatoms. The third-order valence-corrected chi connectivity index (χ3v) is 4.51. The number of benzene rings is 1. The lowest BCUT2D eigenvalue weighted by Gasteiger charge is -2.24. The van der Waals surface area contributed by atoms with Crippen molar-refractivity contribution in [3.63, 3.8) is 0 Å². The minimum Gasteiger partial charge on any atom is -0.351 e. The van der Waals surface area contributed by atoms with Crippen molar-refractivity contribution < 1.29 is 18.0 Å². The van der Waals surface area contributed by atoms with Gasteiger partial charge in [-0.25, -0.2) is 0 Å². The van der Waals surface area contributed by atoms with Crippen molar-refractivity contribution in [2.45, 2.75) is 38.8 Å². The van der Waals surface area contributed by atoms with Crippen LogP contribution in [0.3, 0.4) is 0 Å². The van der Waals surface area contributed by atoms with Gasteiger partial charge in [-0.1, -0.05) is 35.7 Å². The van der Waals surface area contributed by atoms with E-state index in [1.165, 1.54) is 12.1 Å². The van der Waals surface area contributed by atoms with E-state index >= 15 is 0 Å². The summed E-state index contributed by atoms with van der Waals surface area (Å²) in [5.74, 6) is -0.664. The van der Waals surface area contributed by atoms with Gasteiger partial charge >= 0.3 is 6.18 Å². The first-order valence-electron chi connectivity index (χ1n) is 6.86. The number of hydrogen-bond acceptors (Lipinski definition) is 1. The van der Waals surface area contributed by atoms with E-state index in [0.29, 0.717) is 11.0 Å². The predicted octanol–water partition coefficient (Wildman–Crippen LogP) is 4.78. The van der Waals surface area contributed by atoms with Crippen LogP contribution in [0.5, 0.6) is 0 Å². The molecule has 0 radical (unpaired) electrons. The van der Waals surface area contributed by atoms with Crippen molar-refractivity contribution in [3.8, 4) is 0 Å². The van der Waals surface area contributed by atoms with Crippen LogP contribution >= 0.6 is 15.9 Å². The summed E-state index contributed by atoms with van der Waals surface area (Å²) in [6.45, 7) is 2.48. The van der Waals surface area contributed by atoms with Gasteiger partial charge in [0.05, 0.1) is 11.1 Å². The molecule has 1 aromatic carbocycles. The predicted molar refractivity (Wildman–Crippen MR) is 78.1 cm³/mol. The van der Waals surface area contributed by atoms with Gasteiger partial charge in [-0.3, -0.25) is 4.79 Å². The molecule has 0 heterocycles. The number of halogens is 4. The molecule has 0 aromatic heterocycles. The van der Waals surface area contributed by atoms with Crippen molar-refractivity contribution >= 4 is 21.8 Å². The molecule has 1 amide bonds. The number of amides is 1. The molecule has 1 aliphatic carbocycles. The molecule has 2 rings (SSSR count). The Hall–Kier alpha value is -1.04. The number of rotatable bonds is 3. The van der Waals surface area contributed by atoms with Crippen LogP contribution in [0.4, 0.5) is 13.2 Å². The molecule has 1 N–H and O–H groups in total. The molecule has 0 aliphatic heterocycles. The Labute approximate surface area is 130 Å². The highest BCUT2D eigenvalue weighted by Crippen LogP contribution is 2.37. The molecule has 1 aromatic rings. The first-order valence-corrected chi connectivity index (χ1v) is 7.66. The van der Waals surface area contributed by atoms with Crippen molar-refractivity contribution in [1.29, 1.82) is 0 Å². The van der Waals surface area contributed by atoms with E-state index in [4.69, 9.17) is 0 Å². The third kappa shape index (κ3) is 3.99. The molecular formula is C15H17BrF3NO. The zero-order chi connectivity index (χ0) is 15.7. The van der Waals surface area contributed by atoms with E-state index in [0.717, 1.165) is 31.7 Å². The maximum Gasteiger partial charge on any atom is 0.417 e. The fraction of sp³-hybridized carbons (Fsp3) is 0.533. The third-order valence-electron chi connectivity index (χ3n) is 4.02. The maximum absolute atomic E-state index is 13.0. The molecule has 1 fully saturated rings. The zero-order valence-electron chi connectivity index (χ0n) is 11.7. The summed E-state index contributed by atoms with van der Waals surface area (Å²) in [4.78, 5) is 12.1. The second-order valence-electron chi connectivity index (χ2n) is 5.89. The van der Waals surface area contributed by atoms with Crippen LogP contribution in [-0.2, 0) is 6.18 Å². The Morgan fingerprint density at radius 2 is 1.95 bits per heavy atom. The minimum absolute atomic E-state index is 0.00339. The Bertz CT molecular complexity index is 536. The van der Waals surface area contributed by atoms with Gasteiger partial charge in [-0.2, -0.15) is 13.2 Å². The smallest absolute Gasteiger partial charge is 0.351 e. The number of nitrogens with one attached hydrogen (secondary N) is 1. The van der Waals surface area contributed by atoms with Crippen LogP contribution in [0.25, 0.3) is 0 Å². The lowest BCUT2D eigenvalue weighted by molar-refractivity contribution is -0.138. The van der Waals surface area contributed by atoms with Gasteiger partial charge in [0.25, 0.3) is 5.91 Å². The van der Waals surface area contributed by atoms with Gasteiger partial charge in [-0.15, -0.1) is 0 Å². The first kappa shape index (κ1) is 16.3. The Morgan fingerprint density at radius 3 is 2.52 bits per heavy atom. The topological polar surface area (TPSA) is 29.1 Å². The van der Waals surface area contributed by atoms with Crippen molar-refractivity contribution in [2.75, 3.05) is 6.54 Å². The average Bonchev–Trinajstić information content (AvgIpc) is 2.82. The molecule has 0 atom stereocenters. The summed E-state index contributed by atoms with van der Waals surface area (Å²) in [6, 6.07) is 3.59. The molecule has 0 bridgehead atoms. The average molecular weight is 364 g/mol. The summed E-state index contributed by atoms with van der Waals surface area (Å²) in [6.07, 6.45) is -0.329. The van der Waals surface area contributed by atoms with Crippen molar-refractivity contribution in [3.05, 3.63) is 33.8 Å². The lowest BCUT2D eigenvalue weighted by atomic mass is 9.89. The number of carbonyl (C=O) groups excluding carboxylic acids is 1. The summed E-state index contributed by atoms with van der Waals surface area (Å²) in [5, 5.41) is 2.66. The summed E-state index contributed by atoms with van der Waals surface area (Å²) < 4.78 is 39.3. The van der Waals surface area contributed by atoms with E-state index in [1.54, 1.807) is 0 Å². The SMILES string of the molecule is CC1(CNC(=O)c2ccc(Br)cc2C(F)(F)F)CCCC1. The maximum atomic E-state index is 13.0.